The van der Waals surface area contributed by atoms with Gasteiger partial charge in [-0.1, -0.05) is 12.1 Å². The van der Waals surface area contributed by atoms with Crippen molar-refractivity contribution in [3.8, 4) is 5.75 Å². The number of methoxy groups -OCH3 is 1. The minimum Gasteiger partial charge on any atom is -0.494 e. The van der Waals surface area contributed by atoms with E-state index in [1.165, 1.54) is 25.3 Å². The van der Waals surface area contributed by atoms with E-state index in [0.717, 1.165) is 5.56 Å². The maximum atomic E-state index is 13.1. The number of nitrogens with one attached hydrogen (secondary N) is 1. The Morgan fingerprint density at radius 2 is 2.10 bits per heavy atom. The molecule has 5 nitrogen and oxygen atoms in total. The average Bonchev–Trinajstić information content (AvgIpc) is 2.46. The monoisotopic (exact) mass is 290 g/mol. The number of nitrogens with zero attached hydrogens (tertiary/aromatic N) is 1. The van der Waals surface area contributed by atoms with Crippen molar-refractivity contribution in [3.63, 3.8) is 0 Å². The first-order valence-electron chi connectivity index (χ1n) is 6.33. The van der Waals surface area contributed by atoms with Crippen LogP contribution in [0.15, 0.2) is 36.4 Å². The predicted molar refractivity (Wildman–Crippen MR) is 78.1 cm³/mol. The lowest BCUT2D eigenvalue weighted by molar-refractivity contribution is -0.385. The fourth-order valence-corrected chi connectivity index (χ4v) is 2.06. The molecule has 0 aliphatic heterocycles. The third-order valence-electron chi connectivity index (χ3n) is 3.25. The van der Waals surface area contributed by atoms with Gasteiger partial charge >= 0.3 is 0 Å². The van der Waals surface area contributed by atoms with Gasteiger partial charge in [-0.15, -0.1) is 0 Å². The quantitative estimate of drug-likeness (QED) is 0.674. The van der Waals surface area contributed by atoms with Gasteiger partial charge in [0, 0.05) is 24.2 Å². The summed E-state index contributed by atoms with van der Waals surface area (Å²) in [5.41, 5.74) is 2.12. The maximum absolute atomic E-state index is 13.1. The number of nitro groups is 1. The number of anilines is 1. The summed E-state index contributed by atoms with van der Waals surface area (Å²) >= 11 is 0. The van der Waals surface area contributed by atoms with Crippen molar-refractivity contribution in [2.45, 2.75) is 13.5 Å². The molecule has 2 aromatic rings. The molecule has 0 aliphatic carbocycles. The average molecular weight is 290 g/mol. The summed E-state index contributed by atoms with van der Waals surface area (Å²) in [5.74, 6) is 0.00186. The molecule has 110 valence electrons. The third kappa shape index (κ3) is 3.28. The topological polar surface area (TPSA) is 64.4 Å². The summed E-state index contributed by atoms with van der Waals surface area (Å²) in [6.07, 6.45) is 0. The van der Waals surface area contributed by atoms with Crippen LogP contribution < -0.4 is 10.1 Å². The molecule has 0 atom stereocenters. The SMILES string of the molecule is COc1cc(F)ccc1NCc1cccc([N+](=O)[O-])c1C. The van der Waals surface area contributed by atoms with E-state index in [1.807, 2.05) is 6.07 Å². The second kappa shape index (κ2) is 6.21. The number of hydrogen-bond acceptors (Lipinski definition) is 4. The Morgan fingerprint density at radius 3 is 2.76 bits per heavy atom. The summed E-state index contributed by atoms with van der Waals surface area (Å²) in [6.45, 7) is 2.09. The molecule has 0 heterocycles. The summed E-state index contributed by atoms with van der Waals surface area (Å²) in [5, 5.41) is 14.0. The molecular weight excluding hydrogens is 275 g/mol. The van der Waals surface area contributed by atoms with Gasteiger partial charge in [-0.05, 0) is 24.6 Å². The van der Waals surface area contributed by atoms with Crippen LogP contribution in [0.2, 0.25) is 0 Å². The summed E-state index contributed by atoms with van der Waals surface area (Å²) in [4.78, 5) is 10.5. The van der Waals surface area contributed by atoms with Crippen LogP contribution in [-0.2, 0) is 6.54 Å². The Labute approximate surface area is 121 Å². The van der Waals surface area contributed by atoms with E-state index >= 15 is 0 Å². The van der Waals surface area contributed by atoms with Gasteiger partial charge in [0.2, 0.25) is 0 Å². The number of ether oxygens (including phenoxy) is 1. The zero-order valence-electron chi connectivity index (χ0n) is 11.7. The van der Waals surface area contributed by atoms with Crippen molar-refractivity contribution in [2.24, 2.45) is 0 Å². The number of nitro benzene ring substituents is 1. The molecular formula is C15H15FN2O3. The molecule has 0 spiro atoms. The first-order valence-corrected chi connectivity index (χ1v) is 6.33. The van der Waals surface area contributed by atoms with Crippen molar-refractivity contribution in [2.75, 3.05) is 12.4 Å². The van der Waals surface area contributed by atoms with E-state index in [-0.39, 0.29) is 11.5 Å². The molecule has 0 bridgehead atoms. The highest BCUT2D eigenvalue weighted by Crippen LogP contribution is 2.27. The van der Waals surface area contributed by atoms with Crippen molar-refractivity contribution >= 4 is 11.4 Å². The second-order valence-electron chi connectivity index (χ2n) is 4.52. The first kappa shape index (κ1) is 14.8. The van der Waals surface area contributed by atoms with Gasteiger partial charge in [-0.2, -0.15) is 0 Å². The van der Waals surface area contributed by atoms with Crippen LogP contribution in [-0.4, -0.2) is 12.0 Å². The minimum atomic E-state index is -0.405. The van der Waals surface area contributed by atoms with Crippen molar-refractivity contribution in [1.29, 1.82) is 0 Å². The van der Waals surface area contributed by atoms with Crippen LogP contribution >= 0.6 is 0 Å². The Hall–Kier alpha value is -2.63. The van der Waals surface area contributed by atoms with E-state index in [1.54, 1.807) is 19.1 Å². The lowest BCUT2D eigenvalue weighted by Gasteiger charge is -2.12. The molecule has 2 aromatic carbocycles. The Bertz CT molecular complexity index is 674. The highest BCUT2D eigenvalue weighted by Gasteiger charge is 2.13. The van der Waals surface area contributed by atoms with Gasteiger partial charge in [0.05, 0.1) is 17.7 Å². The van der Waals surface area contributed by atoms with Crippen LogP contribution in [0.25, 0.3) is 0 Å². The van der Waals surface area contributed by atoms with Gasteiger partial charge in [-0.3, -0.25) is 10.1 Å². The summed E-state index contributed by atoms with van der Waals surface area (Å²) in [6, 6.07) is 9.10. The number of halogens is 1. The van der Waals surface area contributed by atoms with Crippen molar-refractivity contribution in [3.05, 3.63) is 63.5 Å². The zero-order valence-corrected chi connectivity index (χ0v) is 11.7. The molecule has 0 unspecified atom stereocenters. The van der Waals surface area contributed by atoms with Gasteiger partial charge in [0.25, 0.3) is 5.69 Å². The molecule has 21 heavy (non-hydrogen) atoms. The molecule has 0 radical (unpaired) electrons. The predicted octanol–water partition coefficient (Wildman–Crippen LogP) is 3.66. The van der Waals surface area contributed by atoms with Crippen LogP contribution in [0.3, 0.4) is 0 Å². The normalized spacial score (nSPS) is 10.2. The Morgan fingerprint density at radius 1 is 1.33 bits per heavy atom. The number of rotatable bonds is 5. The highest BCUT2D eigenvalue weighted by atomic mass is 19.1. The molecule has 6 heteroatoms. The van der Waals surface area contributed by atoms with Crippen LogP contribution in [0.5, 0.6) is 5.75 Å². The Balaban J connectivity index is 2.21. The van der Waals surface area contributed by atoms with Gasteiger partial charge in [0.15, 0.2) is 0 Å². The third-order valence-corrected chi connectivity index (χ3v) is 3.25. The Kier molecular flexibility index (Phi) is 4.37. The zero-order chi connectivity index (χ0) is 15.4. The standard InChI is InChI=1S/C15H15FN2O3/c1-10-11(4-3-5-14(10)18(19)20)9-17-13-7-6-12(16)8-15(13)21-2/h3-8,17H,9H2,1-2H3. The molecule has 0 amide bonds. The van der Waals surface area contributed by atoms with Crippen molar-refractivity contribution in [1.82, 2.24) is 0 Å². The largest absolute Gasteiger partial charge is 0.494 e. The molecule has 0 saturated carbocycles. The summed E-state index contributed by atoms with van der Waals surface area (Å²) < 4.78 is 18.2. The van der Waals surface area contributed by atoms with E-state index in [9.17, 15) is 14.5 Å². The maximum Gasteiger partial charge on any atom is 0.272 e. The minimum absolute atomic E-state index is 0.0837. The first-order chi connectivity index (χ1) is 10.0. The van der Waals surface area contributed by atoms with Gasteiger partial charge in [-0.25, -0.2) is 4.39 Å². The van der Waals surface area contributed by atoms with E-state index < -0.39 is 4.92 Å². The highest BCUT2D eigenvalue weighted by molar-refractivity contribution is 5.57. The van der Waals surface area contributed by atoms with E-state index in [0.29, 0.717) is 23.5 Å². The number of benzene rings is 2. The lowest BCUT2D eigenvalue weighted by atomic mass is 10.1. The fraction of sp³-hybridized carbons (Fsp3) is 0.200. The van der Waals surface area contributed by atoms with Gasteiger partial charge < -0.3 is 10.1 Å². The fourth-order valence-electron chi connectivity index (χ4n) is 2.06. The second-order valence-corrected chi connectivity index (χ2v) is 4.52. The van der Waals surface area contributed by atoms with Gasteiger partial charge in [0.1, 0.15) is 11.6 Å². The molecule has 0 saturated heterocycles. The van der Waals surface area contributed by atoms with Crippen LogP contribution in [0, 0.1) is 22.9 Å². The van der Waals surface area contributed by atoms with E-state index in [4.69, 9.17) is 4.74 Å². The van der Waals surface area contributed by atoms with E-state index in [2.05, 4.69) is 5.32 Å². The lowest BCUT2D eigenvalue weighted by Crippen LogP contribution is -2.04. The molecule has 0 aromatic heterocycles. The molecule has 0 fully saturated rings. The summed E-state index contributed by atoms with van der Waals surface area (Å²) in [7, 11) is 1.46. The van der Waals surface area contributed by atoms with Crippen LogP contribution in [0.1, 0.15) is 11.1 Å². The molecule has 2 rings (SSSR count). The smallest absolute Gasteiger partial charge is 0.272 e. The van der Waals surface area contributed by atoms with Crippen molar-refractivity contribution < 1.29 is 14.1 Å². The molecule has 0 aliphatic rings. The number of hydrogen-bond donors (Lipinski definition) is 1. The van der Waals surface area contributed by atoms with Crippen LogP contribution in [0.4, 0.5) is 15.8 Å². The molecule has 1 N–H and O–H groups in total.